The molecule has 0 aromatic heterocycles. The van der Waals surface area contributed by atoms with Crippen molar-refractivity contribution in [3.63, 3.8) is 0 Å². The summed E-state index contributed by atoms with van der Waals surface area (Å²) in [6.07, 6.45) is -0.657. The summed E-state index contributed by atoms with van der Waals surface area (Å²) in [7, 11) is 2.69. The molecule has 12 atom stereocenters. The van der Waals surface area contributed by atoms with E-state index in [1.807, 2.05) is 43.3 Å². The van der Waals surface area contributed by atoms with E-state index in [0.717, 1.165) is 31.4 Å². The van der Waals surface area contributed by atoms with Gasteiger partial charge in [-0.15, -0.1) is 0 Å². The van der Waals surface area contributed by atoms with Gasteiger partial charge in [-0.1, -0.05) is 95.3 Å². The van der Waals surface area contributed by atoms with Crippen molar-refractivity contribution in [2.75, 3.05) is 20.7 Å². The SMILES string of the molecule is C=C1C(=O)NC(C)C(=O)NC(NC(CC(C)C)C(=O)O)C(=O)NC(C(=O)O)C(C)C(=O)NC(NC(CCCN=C(N)N)C(=O)O)C(=O)NC(C=CC(C)=CC(C)C(Cc2ccccc2)OC)C(C)C(=O)NC(C(=O)O)CCC(=O)N1C. The first kappa shape index (κ1) is 68.9. The fraction of sp³-hybridized carbons (Fsp3) is 0.547. The summed E-state index contributed by atoms with van der Waals surface area (Å²) in [5.74, 6) is -18.5. The van der Waals surface area contributed by atoms with E-state index in [1.165, 1.54) is 13.0 Å². The molecule has 1 aliphatic rings. The van der Waals surface area contributed by atoms with Gasteiger partial charge in [0.15, 0.2) is 18.3 Å². The number of allylic oxidation sites excluding steroid dienone is 2. The summed E-state index contributed by atoms with van der Waals surface area (Å²) in [5.41, 5.74) is 11.9. The highest BCUT2D eigenvalue weighted by Gasteiger charge is 2.39. The van der Waals surface area contributed by atoms with Crippen LogP contribution in [0.4, 0.5) is 0 Å². The van der Waals surface area contributed by atoms with Gasteiger partial charge in [0.25, 0.3) is 17.7 Å². The van der Waals surface area contributed by atoms with Crippen LogP contribution in [0.15, 0.2) is 71.4 Å². The number of nitrogens with two attached hydrogens (primary N) is 2. The third kappa shape index (κ3) is 23.2. The average Bonchev–Trinajstić information content (AvgIpc) is 3.40. The Morgan fingerprint density at radius 2 is 1.36 bits per heavy atom. The van der Waals surface area contributed by atoms with Gasteiger partial charge in [-0.3, -0.25) is 58.8 Å². The molecule has 28 nitrogen and oxygen atoms in total. The molecule has 1 fully saturated rings. The fourth-order valence-corrected chi connectivity index (χ4v) is 8.15. The topological polar surface area (TPSA) is 442 Å². The second-order valence-electron chi connectivity index (χ2n) is 20.1. The number of hydrogen-bond donors (Lipinski definition) is 14. The molecule has 1 aromatic rings. The standard InChI is InChI=1S/C53H80N12O16/c1-26(2)23-37(51(77)78)59-42-48(72)62-40(52(79)80)30(6)44(68)63-41(58-35(49(73)74)17-14-22-56-53(54)55)47(71)60-34(19-18-27(3)24-28(4)38(81-10)25-33-15-12-11-13-16-33)29(5)43(67)61-36(50(75)76)20-21-39(66)65(9)32(8)46(70)57-31(7)45(69)64-42/h11-13,15-16,18-19,24,26,28-31,34-38,40-42,58-59H,8,14,17,20-23,25H2,1-7,9-10H3,(H,57,70)(H,60,71)(H,61,67)(H,62,72)(H,63,68)(H,64,69)(H,73,74)(H,75,76)(H,77,78)(H,79,80)(H4,54,55,56). The van der Waals surface area contributed by atoms with Gasteiger partial charge in [0.1, 0.15) is 35.9 Å². The Morgan fingerprint density at radius 3 is 1.90 bits per heavy atom. The largest absolute Gasteiger partial charge is 0.480 e. The van der Waals surface area contributed by atoms with Crippen molar-refractivity contribution in [1.82, 2.24) is 47.4 Å². The lowest BCUT2D eigenvalue weighted by Gasteiger charge is -2.30. The van der Waals surface area contributed by atoms with Gasteiger partial charge < -0.3 is 73.4 Å². The molecule has 81 heavy (non-hydrogen) atoms. The predicted molar refractivity (Wildman–Crippen MR) is 293 cm³/mol. The number of nitrogens with zero attached hydrogens (tertiary/aromatic N) is 2. The zero-order valence-corrected chi connectivity index (χ0v) is 47.0. The monoisotopic (exact) mass is 1140 g/mol. The maximum Gasteiger partial charge on any atom is 0.327 e. The molecule has 1 aliphatic heterocycles. The molecule has 2 rings (SSSR count). The van der Waals surface area contributed by atoms with Crippen LogP contribution in [0.5, 0.6) is 0 Å². The smallest absolute Gasteiger partial charge is 0.327 e. The number of ether oxygens (including phenoxy) is 1. The van der Waals surface area contributed by atoms with Crippen LogP contribution in [0, 0.1) is 23.7 Å². The summed E-state index contributed by atoms with van der Waals surface area (Å²) >= 11 is 0. The van der Waals surface area contributed by atoms with Crippen LogP contribution in [0.2, 0.25) is 0 Å². The summed E-state index contributed by atoms with van der Waals surface area (Å²) in [6, 6.07) is -0.613. The second-order valence-corrected chi connectivity index (χ2v) is 20.1. The summed E-state index contributed by atoms with van der Waals surface area (Å²) in [5, 5.41) is 60.0. The molecule has 28 heteroatoms. The van der Waals surface area contributed by atoms with Crippen LogP contribution in [-0.2, 0) is 63.9 Å². The first-order valence-corrected chi connectivity index (χ1v) is 26.1. The molecule has 1 heterocycles. The molecular formula is C53H80N12O16. The average molecular weight is 1140 g/mol. The van der Waals surface area contributed by atoms with E-state index in [-0.39, 0.29) is 49.7 Å². The highest BCUT2D eigenvalue weighted by Crippen LogP contribution is 2.19. The van der Waals surface area contributed by atoms with Crippen molar-refractivity contribution in [2.45, 2.75) is 142 Å². The highest BCUT2D eigenvalue weighted by molar-refractivity contribution is 6.00. The Balaban J connectivity index is 2.90. The zero-order valence-electron chi connectivity index (χ0n) is 47.0. The minimum atomic E-state index is -2.22. The van der Waals surface area contributed by atoms with Crippen molar-refractivity contribution in [3.05, 3.63) is 72.0 Å². The second kappa shape index (κ2) is 33.4. The number of nitrogens with one attached hydrogen (secondary N) is 8. The quantitative estimate of drug-likeness (QED) is 0.0222. The van der Waals surface area contributed by atoms with E-state index >= 15 is 0 Å². The number of guanidine groups is 1. The van der Waals surface area contributed by atoms with Crippen molar-refractivity contribution >= 4 is 71.2 Å². The van der Waals surface area contributed by atoms with Crippen molar-refractivity contribution in [3.8, 4) is 0 Å². The first-order chi connectivity index (χ1) is 37.9. The maximum absolute atomic E-state index is 14.7. The number of aliphatic imine (C=N–C) groups is 1. The molecule has 7 amide bonds. The number of carbonyl (C=O) groups excluding carboxylic acids is 7. The van der Waals surface area contributed by atoms with Crippen LogP contribution in [0.3, 0.4) is 0 Å². The van der Waals surface area contributed by atoms with Crippen LogP contribution in [-0.4, -0.2) is 172 Å². The molecular weight excluding hydrogens is 1060 g/mol. The number of amides is 7. The van der Waals surface area contributed by atoms with Gasteiger partial charge in [0, 0.05) is 33.0 Å². The molecule has 448 valence electrons. The third-order valence-electron chi connectivity index (χ3n) is 13.1. The number of rotatable bonds is 21. The Labute approximate surface area is 469 Å². The minimum absolute atomic E-state index is 0.00767. The third-order valence-corrected chi connectivity index (χ3v) is 13.1. The number of carboxylic acid groups (broad SMARTS) is 4. The normalized spacial score (nSPS) is 24.4. The predicted octanol–water partition coefficient (Wildman–Crippen LogP) is -1.38. The summed E-state index contributed by atoms with van der Waals surface area (Å²) < 4.78 is 5.80. The molecule has 16 N–H and O–H groups in total. The lowest BCUT2D eigenvalue weighted by atomic mass is 9.94. The Hall–Kier alpha value is -8.24. The van der Waals surface area contributed by atoms with E-state index in [2.05, 4.69) is 54.1 Å². The van der Waals surface area contributed by atoms with E-state index in [9.17, 15) is 73.2 Å². The molecule has 1 saturated heterocycles. The number of hydrogen-bond acceptors (Lipinski definition) is 15. The van der Waals surface area contributed by atoms with Crippen LogP contribution >= 0.6 is 0 Å². The lowest BCUT2D eigenvalue weighted by Crippen LogP contribution is -2.65. The fourth-order valence-electron chi connectivity index (χ4n) is 8.15. The van der Waals surface area contributed by atoms with Crippen molar-refractivity contribution < 1.29 is 77.9 Å². The van der Waals surface area contributed by atoms with Gasteiger partial charge >= 0.3 is 23.9 Å². The van der Waals surface area contributed by atoms with Gasteiger partial charge in [0.05, 0.1) is 24.0 Å². The van der Waals surface area contributed by atoms with E-state index in [4.69, 9.17) is 16.2 Å². The van der Waals surface area contributed by atoms with E-state index in [1.54, 1.807) is 34.0 Å². The van der Waals surface area contributed by atoms with E-state index in [0.29, 0.717) is 12.0 Å². The number of methoxy groups -OCH3 is 1. The number of carboxylic acids is 4. The molecule has 0 aliphatic carbocycles. The molecule has 0 saturated carbocycles. The molecule has 1 aromatic carbocycles. The van der Waals surface area contributed by atoms with Crippen LogP contribution < -0.4 is 54.0 Å². The first-order valence-electron chi connectivity index (χ1n) is 26.1. The van der Waals surface area contributed by atoms with Crippen LogP contribution in [0.1, 0.15) is 86.1 Å². The van der Waals surface area contributed by atoms with Gasteiger partial charge in [-0.05, 0) is 57.4 Å². The molecule has 12 unspecified atom stereocenters. The Bertz CT molecular complexity index is 2520. The molecule has 0 spiro atoms. The maximum atomic E-state index is 14.7. The number of aliphatic carboxylic acids is 4. The van der Waals surface area contributed by atoms with E-state index < -0.39 is 144 Å². The number of likely N-dealkylation sites (N-methyl/N-ethyl adjacent to an activating group) is 1. The Morgan fingerprint density at radius 1 is 0.790 bits per heavy atom. The summed E-state index contributed by atoms with van der Waals surface area (Å²) in [4.78, 5) is 153. The van der Waals surface area contributed by atoms with Gasteiger partial charge in [-0.25, -0.2) is 9.59 Å². The Kier molecular flexibility index (Phi) is 28.4. The number of benzene rings is 1. The summed E-state index contributed by atoms with van der Waals surface area (Å²) in [6.45, 7) is 14.0. The molecule has 0 bridgehead atoms. The van der Waals surface area contributed by atoms with Gasteiger partial charge in [0.2, 0.25) is 23.6 Å². The van der Waals surface area contributed by atoms with Gasteiger partial charge in [-0.2, -0.15) is 0 Å². The molecule has 0 radical (unpaired) electrons. The zero-order chi connectivity index (χ0) is 61.4. The van der Waals surface area contributed by atoms with Crippen molar-refractivity contribution in [2.24, 2.45) is 40.1 Å². The lowest BCUT2D eigenvalue weighted by molar-refractivity contribution is -0.147. The minimum Gasteiger partial charge on any atom is -0.480 e. The van der Waals surface area contributed by atoms with Crippen molar-refractivity contribution in [1.29, 1.82) is 0 Å². The number of carbonyl (C=O) groups is 11. The van der Waals surface area contributed by atoms with Crippen LogP contribution in [0.25, 0.3) is 0 Å². The highest BCUT2D eigenvalue weighted by atomic mass is 16.5.